The zero-order valence-corrected chi connectivity index (χ0v) is 11.6. The van der Waals surface area contributed by atoms with Crippen LogP contribution in [0.1, 0.15) is 41.7 Å². The highest BCUT2D eigenvalue weighted by Crippen LogP contribution is 2.34. The molecule has 0 radical (unpaired) electrons. The van der Waals surface area contributed by atoms with Gasteiger partial charge < -0.3 is 10.2 Å². The number of carbonyl (C=O) groups is 1. The third-order valence-electron chi connectivity index (χ3n) is 4.69. The first-order valence-corrected chi connectivity index (χ1v) is 7.09. The molecule has 0 aliphatic carbocycles. The molecule has 0 saturated carbocycles. The summed E-state index contributed by atoms with van der Waals surface area (Å²) in [5, 5.41) is 3.19. The molecule has 3 heterocycles. The van der Waals surface area contributed by atoms with Crippen molar-refractivity contribution in [2.45, 2.75) is 50.7 Å². The van der Waals surface area contributed by atoms with Crippen LogP contribution in [0.25, 0.3) is 0 Å². The average molecular weight is 259 g/mol. The second-order valence-electron chi connectivity index (χ2n) is 5.83. The topological polar surface area (TPSA) is 45.2 Å². The number of piperidine rings is 1. The molecule has 2 bridgehead atoms. The largest absolute Gasteiger partial charge is 0.349 e. The lowest BCUT2D eigenvalue weighted by Gasteiger charge is -2.36. The van der Waals surface area contributed by atoms with Gasteiger partial charge in [0.05, 0.1) is 5.56 Å². The molecular weight excluding hydrogens is 238 g/mol. The molecule has 2 atom stereocenters. The Labute approximate surface area is 114 Å². The summed E-state index contributed by atoms with van der Waals surface area (Å²) in [5.41, 5.74) is 1.50. The van der Waals surface area contributed by atoms with Crippen molar-refractivity contribution in [2.24, 2.45) is 0 Å². The zero-order valence-electron chi connectivity index (χ0n) is 11.6. The van der Waals surface area contributed by atoms with E-state index in [-0.39, 0.29) is 5.91 Å². The molecule has 2 aliphatic heterocycles. The lowest BCUT2D eigenvalue weighted by molar-refractivity contribution is 0.0881. The first kappa shape index (κ1) is 12.6. The number of aromatic nitrogens is 1. The van der Waals surface area contributed by atoms with Crippen LogP contribution < -0.4 is 5.32 Å². The van der Waals surface area contributed by atoms with Crippen LogP contribution in [0.4, 0.5) is 0 Å². The van der Waals surface area contributed by atoms with E-state index in [2.05, 4.69) is 22.2 Å². The van der Waals surface area contributed by atoms with Crippen molar-refractivity contribution < 1.29 is 4.79 Å². The number of rotatable bonds is 2. The maximum Gasteiger partial charge on any atom is 0.253 e. The Morgan fingerprint density at radius 3 is 2.68 bits per heavy atom. The molecule has 0 aromatic carbocycles. The van der Waals surface area contributed by atoms with Gasteiger partial charge in [0.2, 0.25) is 0 Å². The van der Waals surface area contributed by atoms with E-state index in [1.807, 2.05) is 19.1 Å². The van der Waals surface area contributed by atoms with Crippen LogP contribution in [0.2, 0.25) is 0 Å². The average Bonchev–Trinajstić information content (AvgIpc) is 2.63. The molecule has 1 aromatic rings. The Morgan fingerprint density at radius 2 is 2.05 bits per heavy atom. The van der Waals surface area contributed by atoms with Crippen LogP contribution in [0.15, 0.2) is 18.3 Å². The van der Waals surface area contributed by atoms with Gasteiger partial charge in [-0.2, -0.15) is 0 Å². The van der Waals surface area contributed by atoms with Crippen LogP contribution in [-0.4, -0.2) is 41.0 Å². The molecule has 1 aromatic heterocycles. The molecule has 4 heteroatoms. The van der Waals surface area contributed by atoms with Crippen molar-refractivity contribution >= 4 is 5.91 Å². The number of nitrogens with one attached hydrogen (secondary N) is 1. The van der Waals surface area contributed by atoms with Gasteiger partial charge >= 0.3 is 0 Å². The van der Waals surface area contributed by atoms with Gasteiger partial charge in [0, 0.05) is 30.0 Å². The zero-order chi connectivity index (χ0) is 13.4. The quantitative estimate of drug-likeness (QED) is 0.880. The molecule has 2 unspecified atom stereocenters. The van der Waals surface area contributed by atoms with E-state index >= 15 is 0 Å². The minimum atomic E-state index is 0.0274. The van der Waals surface area contributed by atoms with Crippen LogP contribution in [0, 0.1) is 6.92 Å². The number of pyridine rings is 1. The monoisotopic (exact) mass is 259 g/mol. The van der Waals surface area contributed by atoms with E-state index in [0.29, 0.717) is 23.7 Å². The van der Waals surface area contributed by atoms with Crippen molar-refractivity contribution in [1.82, 2.24) is 15.2 Å². The smallest absolute Gasteiger partial charge is 0.253 e. The highest BCUT2D eigenvalue weighted by atomic mass is 16.1. The van der Waals surface area contributed by atoms with Crippen molar-refractivity contribution in [3.63, 3.8) is 0 Å². The number of aryl methyl sites for hydroxylation is 1. The Bertz CT molecular complexity index is 474. The van der Waals surface area contributed by atoms with Crippen LogP contribution >= 0.6 is 0 Å². The highest BCUT2D eigenvalue weighted by Gasteiger charge is 2.38. The highest BCUT2D eigenvalue weighted by molar-refractivity contribution is 5.95. The molecule has 102 valence electrons. The minimum absolute atomic E-state index is 0.0274. The van der Waals surface area contributed by atoms with E-state index in [4.69, 9.17) is 0 Å². The summed E-state index contributed by atoms with van der Waals surface area (Å²) >= 11 is 0. The summed E-state index contributed by atoms with van der Waals surface area (Å²) in [5.74, 6) is 0.0274. The van der Waals surface area contributed by atoms with E-state index < -0.39 is 0 Å². The number of amides is 1. The van der Waals surface area contributed by atoms with Gasteiger partial charge in [-0.05, 0) is 51.8 Å². The fourth-order valence-electron chi connectivity index (χ4n) is 3.52. The third kappa shape index (κ3) is 2.37. The van der Waals surface area contributed by atoms with Crippen molar-refractivity contribution in [3.05, 3.63) is 29.6 Å². The van der Waals surface area contributed by atoms with Gasteiger partial charge in [0.15, 0.2) is 0 Å². The van der Waals surface area contributed by atoms with Gasteiger partial charge in [-0.15, -0.1) is 0 Å². The second kappa shape index (κ2) is 4.93. The number of hydrogen-bond acceptors (Lipinski definition) is 3. The molecule has 2 saturated heterocycles. The Hall–Kier alpha value is -1.42. The predicted octanol–water partition coefficient (Wildman–Crippen LogP) is 1.75. The van der Waals surface area contributed by atoms with Gasteiger partial charge in [-0.3, -0.25) is 9.78 Å². The van der Waals surface area contributed by atoms with Crippen LogP contribution in [-0.2, 0) is 0 Å². The lowest BCUT2D eigenvalue weighted by atomic mass is 9.97. The molecule has 2 aliphatic rings. The molecule has 0 spiro atoms. The van der Waals surface area contributed by atoms with Gasteiger partial charge in [0.25, 0.3) is 5.91 Å². The van der Waals surface area contributed by atoms with Gasteiger partial charge in [0.1, 0.15) is 0 Å². The van der Waals surface area contributed by atoms with E-state index in [1.54, 1.807) is 6.20 Å². The van der Waals surface area contributed by atoms with Crippen LogP contribution in [0.5, 0.6) is 0 Å². The maximum absolute atomic E-state index is 12.3. The molecule has 4 nitrogen and oxygen atoms in total. The van der Waals surface area contributed by atoms with Crippen molar-refractivity contribution in [1.29, 1.82) is 0 Å². The van der Waals surface area contributed by atoms with E-state index in [0.717, 1.165) is 18.5 Å². The second-order valence-corrected chi connectivity index (χ2v) is 5.83. The summed E-state index contributed by atoms with van der Waals surface area (Å²) in [6, 6.07) is 5.29. The summed E-state index contributed by atoms with van der Waals surface area (Å²) < 4.78 is 0. The molecule has 1 amide bonds. The minimum Gasteiger partial charge on any atom is -0.349 e. The summed E-state index contributed by atoms with van der Waals surface area (Å²) in [7, 11) is 2.21. The maximum atomic E-state index is 12.3. The Balaban J connectivity index is 1.67. The Morgan fingerprint density at radius 1 is 1.37 bits per heavy atom. The fraction of sp³-hybridized carbons (Fsp3) is 0.600. The predicted molar refractivity (Wildman–Crippen MR) is 74.0 cm³/mol. The first-order valence-electron chi connectivity index (χ1n) is 7.09. The number of fused-ring (bicyclic) bond motifs is 2. The standard InChI is InChI=1S/C15H21N3O/c1-10-14(4-3-7-16-10)15(19)17-11-8-12-5-6-13(9-11)18(12)2/h3-4,7,11-13H,5-6,8-9H2,1-2H3,(H,17,19). The summed E-state index contributed by atoms with van der Waals surface area (Å²) in [6.45, 7) is 1.88. The van der Waals surface area contributed by atoms with E-state index in [1.165, 1.54) is 12.8 Å². The molecule has 3 rings (SSSR count). The number of nitrogens with zero attached hydrogens (tertiary/aromatic N) is 2. The Kier molecular flexibility index (Phi) is 3.27. The van der Waals surface area contributed by atoms with Crippen molar-refractivity contribution in [3.8, 4) is 0 Å². The number of carbonyl (C=O) groups excluding carboxylic acids is 1. The van der Waals surface area contributed by atoms with E-state index in [9.17, 15) is 4.79 Å². The van der Waals surface area contributed by atoms with Crippen molar-refractivity contribution in [2.75, 3.05) is 7.05 Å². The first-order chi connectivity index (χ1) is 9.15. The molecule has 2 fully saturated rings. The van der Waals surface area contributed by atoms with Crippen LogP contribution in [0.3, 0.4) is 0 Å². The summed E-state index contributed by atoms with van der Waals surface area (Å²) in [6.07, 6.45) is 6.44. The van der Waals surface area contributed by atoms with Gasteiger partial charge in [-0.25, -0.2) is 0 Å². The normalized spacial score (nSPS) is 30.3. The molecule has 1 N–H and O–H groups in total. The SMILES string of the molecule is Cc1ncccc1C(=O)NC1CC2CCC(C1)N2C. The summed E-state index contributed by atoms with van der Waals surface area (Å²) in [4.78, 5) is 18.9. The van der Waals surface area contributed by atoms with Gasteiger partial charge in [-0.1, -0.05) is 0 Å². The fourth-order valence-corrected chi connectivity index (χ4v) is 3.52. The lowest BCUT2D eigenvalue weighted by Crippen LogP contribution is -2.48. The number of hydrogen-bond donors (Lipinski definition) is 1. The third-order valence-corrected chi connectivity index (χ3v) is 4.69. The molecule has 19 heavy (non-hydrogen) atoms. The molecular formula is C15H21N3O.